The van der Waals surface area contributed by atoms with Crippen molar-refractivity contribution in [3.63, 3.8) is 0 Å². The van der Waals surface area contributed by atoms with Crippen LogP contribution in [-0.4, -0.2) is 54.7 Å². The van der Waals surface area contributed by atoms with Crippen molar-refractivity contribution in [2.75, 3.05) is 42.6 Å². The molecule has 2 aliphatic heterocycles. The van der Waals surface area contributed by atoms with E-state index in [-0.39, 0.29) is 17.9 Å². The number of benzene rings is 1. The fourth-order valence-corrected chi connectivity index (χ4v) is 3.58. The smallest absolute Gasteiger partial charge is 0.325 e. The molecule has 1 aromatic heterocycles. The summed E-state index contributed by atoms with van der Waals surface area (Å²) in [5, 5.41) is 0. The van der Waals surface area contributed by atoms with E-state index in [1.54, 1.807) is 6.07 Å². The van der Waals surface area contributed by atoms with Crippen LogP contribution in [0, 0.1) is 12.7 Å². The summed E-state index contributed by atoms with van der Waals surface area (Å²) in [6, 6.07) is 8.99. The lowest BCUT2D eigenvalue weighted by Gasteiger charge is -2.41. The Hall–Kier alpha value is -2.83. The van der Waals surface area contributed by atoms with Gasteiger partial charge in [0.25, 0.3) is 0 Å². The van der Waals surface area contributed by atoms with Gasteiger partial charge in [-0.25, -0.2) is 14.2 Å². The molecule has 2 aliphatic rings. The van der Waals surface area contributed by atoms with Gasteiger partial charge in [0.2, 0.25) is 0 Å². The van der Waals surface area contributed by atoms with E-state index in [2.05, 4.69) is 9.88 Å². The third-order valence-electron chi connectivity index (χ3n) is 5.09. The molecule has 142 valence electrons. The Morgan fingerprint density at radius 2 is 1.96 bits per heavy atom. The number of carbonyl (C=O) groups excluding carboxylic acids is 1. The van der Waals surface area contributed by atoms with Crippen molar-refractivity contribution in [1.82, 2.24) is 9.88 Å². The van der Waals surface area contributed by atoms with Crippen LogP contribution in [0.3, 0.4) is 0 Å². The van der Waals surface area contributed by atoms with Crippen LogP contribution in [0.1, 0.15) is 12.5 Å². The first-order chi connectivity index (χ1) is 13.0. The molecule has 4 rings (SSSR count). The number of carbonyl (C=O) groups is 1. The number of piperazine rings is 1. The second kappa shape index (κ2) is 7.06. The van der Waals surface area contributed by atoms with E-state index >= 15 is 0 Å². The number of aryl methyl sites for hydroxylation is 1. The molecule has 3 heterocycles. The fraction of sp³-hybridized carbons (Fsp3) is 0.400. The monoisotopic (exact) mass is 370 g/mol. The lowest BCUT2D eigenvalue weighted by Crippen LogP contribution is -2.56. The van der Waals surface area contributed by atoms with Gasteiger partial charge in [0.05, 0.1) is 17.9 Å². The van der Waals surface area contributed by atoms with Gasteiger partial charge in [0.1, 0.15) is 24.0 Å². The van der Waals surface area contributed by atoms with Crippen molar-refractivity contribution in [2.45, 2.75) is 19.9 Å². The van der Waals surface area contributed by atoms with Gasteiger partial charge in [-0.1, -0.05) is 6.07 Å². The summed E-state index contributed by atoms with van der Waals surface area (Å²) in [5.41, 5.74) is 1.93. The van der Waals surface area contributed by atoms with Crippen molar-refractivity contribution in [1.29, 1.82) is 0 Å². The number of anilines is 2. The highest BCUT2D eigenvalue weighted by atomic mass is 19.1. The first kappa shape index (κ1) is 17.6. The Bertz CT molecular complexity index is 834. The third kappa shape index (κ3) is 3.41. The zero-order valence-electron chi connectivity index (χ0n) is 15.6. The number of pyridine rings is 1. The average Bonchev–Trinajstić information content (AvgIpc) is 2.68. The maximum Gasteiger partial charge on any atom is 0.325 e. The predicted octanol–water partition coefficient (Wildman–Crippen LogP) is 3.06. The summed E-state index contributed by atoms with van der Waals surface area (Å²) in [6.45, 7) is 7.04. The molecular weight excluding hydrogens is 347 g/mol. The fourth-order valence-electron chi connectivity index (χ4n) is 3.58. The minimum atomic E-state index is -0.345. The number of hydrogen-bond acceptors (Lipinski definition) is 4. The summed E-state index contributed by atoms with van der Waals surface area (Å²) >= 11 is 0. The Morgan fingerprint density at radius 1 is 1.19 bits per heavy atom. The average molecular weight is 370 g/mol. The van der Waals surface area contributed by atoms with Crippen LogP contribution >= 0.6 is 0 Å². The quantitative estimate of drug-likeness (QED) is 0.774. The van der Waals surface area contributed by atoms with Crippen molar-refractivity contribution in [3.8, 4) is 5.75 Å². The van der Waals surface area contributed by atoms with Crippen LogP contribution < -0.4 is 14.5 Å². The van der Waals surface area contributed by atoms with Crippen molar-refractivity contribution in [3.05, 3.63) is 47.9 Å². The molecule has 6 nitrogen and oxygen atoms in total. The van der Waals surface area contributed by atoms with Crippen molar-refractivity contribution < 1.29 is 13.9 Å². The van der Waals surface area contributed by atoms with Gasteiger partial charge in [-0.3, -0.25) is 4.90 Å². The number of aromatic nitrogens is 1. The number of amides is 2. The Labute approximate surface area is 158 Å². The zero-order chi connectivity index (χ0) is 19.0. The van der Waals surface area contributed by atoms with Crippen LogP contribution in [-0.2, 0) is 0 Å². The van der Waals surface area contributed by atoms with Crippen LogP contribution in [0.4, 0.5) is 20.7 Å². The summed E-state index contributed by atoms with van der Waals surface area (Å²) in [6.07, 6.45) is 1.22. The third-order valence-corrected chi connectivity index (χ3v) is 5.09. The lowest BCUT2D eigenvalue weighted by atomic mass is 10.1. The van der Waals surface area contributed by atoms with E-state index in [0.717, 1.165) is 22.8 Å². The molecule has 0 radical (unpaired) electrons. The van der Waals surface area contributed by atoms with E-state index in [1.165, 1.54) is 12.3 Å². The number of urea groups is 1. The minimum Gasteiger partial charge on any atom is -0.489 e. The SMILES string of the molecule is Cc1ccc2c(c1)OCC(C)N2C(=O)N1CCN(c2ccc(F)cn2)CC1. The molecule has 1 aromatic carbocycles. The van der Waals surface area contributed by atoms with Crippen LogP contribution in [0.2, 0.25) is 0 Å². The standard InChI is InChI=1S/C20H23FN4O2/c1-14-3-5-17-18(11-14)27-13-15(2)25(17)20(26)24-9-7-23(8-10-24)19-6-4-16(21)12-22-19/h3-6,11-12,15H,7-10,13H2,1-2H3. The molecule has 1 atom stereocenters. The molecule has 0 aliphatic carbocycles. The number of rotatable bonds is 1. The van der Waals surface area contributed by atoms with E-state index in [0.29, 0.717) is 32.8 Å². The number of nitrogens with zero attached hydrogens (tertiary/aromatic N) is 4. The molecule has 2 aromatic rings. The number of ether oxygens (including phenoxy) is 1. The Kier molecular flexibility index (Phi) is 4.59. The molecule has 0 spiro atoms. The molecular formula is C20H23FN4O2. The molecule has 1 fully saturated rings. The van der Waals surface area contributed by atoms with E-state index < -0.39 is 0 Å². The van der Waals surface area contributed by atoms with Gasteiger partial charge >= 0.3 is 6.03 Å². The highest BCUT2D eigenvalue weighted by molar-refractivity contribution is 5.95. The lowest BCUT2D eigenvalue weighted by molar-refractivity contribution is 0.190. The summed E-state index contributed by atoms with van der Waals surface area (Å²) in [5.74, 6) is 1.16. The Morgan fingerprint density at radius 3 is 2.67 bits per heavy atom. The molecule has 7 heteroatoms. The number of hydrogen-bond donors (Lipinski definition) is 0. The molecule has 1 saturated heterocycles. The number of halogens is 1. The molecule has 27 heavy (non-hydrogen) atoms. The molecule has 0 saturated carbocycles. The second-order valence-corrected chi connectivity index (χ2v) is 7.09. The predicted molar refractivity (Wildman–Crippen MR) is 102 cm³/mol. The zero-order valence-corrected chi connectivity index (χ0v) is 15.6. The second-order valence-electron chi connectivity index (χ2n) is 7.09. The molecule has 0 bridgehead atoms. The van der Waals surface area contributed by atoms with E-state index in [9.17, 15) is 9.18 Å². The highest BCUT2D eigenvalue weighted by Gasteiger charge is 2.34. The van der Waals surface area contributed by atoms with Crippen LogP contribution in [0.25, 0.3) is 0 Å². The topological polar surface area (TPSA) is 48.9 Å². The first-order valence-corrected chi connectivity index (χ1v) is 9.21. The van der Waals surface area contributed by atoms with Gasteiger partial charge in [-0.2, -0.15) is 0 Å². The van der Waals surface area contributed by atoms with Crippen LogP contribution in [0.15, 0.2) is 36.5 Å². The van der Waals surface area contributed by atoms with Crippen molar-refractivity contribution in [2.24, 2.45) is 0 Å². The van der Waals surface area contributed by atoms with E-state index in [4.69, 9.17) is 4.74 Å². The maximum atomic E-state index is 13.2. The largest absolute Gasteiger partial charge is 0.489 e. The summed E-state index contributed by atoms with van der Waals surface area (Å²) in [4.78, 5) is 23.1. The first-order valence-electron chi connectivity index (χ1n) is 9.21. The van der Waals surface area contributed by atoms with Gasteiger partial charge in [-0.15, -0.1) is 0 Å². The van der Waals surface area contributed by atoms with Gasteiger partial charge in [-0.05, 0) is 43.7 Å². The minimum absolute atomic E-state index is 0.00242. The molecule has 2 amide bonds. The Balaban J connectivity index is 1.47. The summed E-state index contributed by atoms with van der Waals surface area (Å²) in [7, 11) is 0. The van der Waals surface area contributed by atoms with Crippen LogP contribution in [0.5, 0.6) is 5.75 Å². The maximum absolute atomic E-state index is 13.2. The normalized spacial score (nSPS) is 19.5. The van der Waals surface area contributed by atoms with Gasteiger partial charge in [0.15, 0.2) is 0 Å². The molecule has 1 unspecified atom stereocenters. The highest BCUT2D eigenvalue weighted by Crippen LogP contribution is 2.35. The summed E-state index contributed by atoms with van der Waals surface area (Å²) < 4.78 is 18.9. The molecule has 0 N–H and O–H groups in total. The van der Waals surface area contributed by atoms with E-state index in [1.807, 2.05) is 41.8 Å². The van der Waals surface area contributed by atoms with Crippen molar-refractivity contribution >= 4 is 17.5 Å². The van der Waals surface area contributed by atoms with Gasteiger partial charge in [0, 0.05) is 26.2 Å². The number of fused-ring (bicyclic) bond motifs is 1. The van der Waals surface area contributed by atoms with Gasteiger partial charge < -0.3 is 14.5 Å².